The quantitative estimate of drug-likeness (QED) is 0.809. The Labute approximate surface area is 104 Å². The fourth-order valence-corrected chi connectivity index (χ4v) is 2.05. The molecule has 0 amide bonds. The third-order valence-electron chi connectivity index (χ3n) is 3.09. The van der Waals surface area contributed by atoms with E-state index in [0.717, 1.165) is 0 Å². The van der Waals surface area contributed by atoms with Crippen LogP contribution in [0, 0.1) is 0 Å². The molecule has 0 bridgehead atoms. The zero-order valence-corrected chi connectivity index (χ0v) is 10.3. The molecular formula is C13H16F3NO. The Morgan fingerprint density at radius 3 is 2.39 bits per heavy atom. The van der Waals surface area contributed by atoms with Crippen molar-refractivity contribution >= 4 is 5.69 Å². The van der Waals surface area contributed by atoms with E-state index in [4.69, 9.17) is 4.74 Å². The lowest BCUT2D eigenvalue weighted by Crippen LogP contribution is -2.36. The number of hydrogen-bond acceptors (Lipinski definition) is 2. The van der Waals surface area contributed by atoms with Gasteiger partial charge in [-0.15, -0.1) is 0 Å². The molecule has 0 saturated carbocycles. The molecular weight excluding hydrogens is 243 g/mol. The summed E-state index contributed by atoms with van der Waals surface area (Å²) in [5.41, 5.74) is 0.791. The maximum atomic E-state index is 12.8. The average molecular weight is 259 g/mol. The van der Waals surface area contributed by atoms with Gasteiger partial charge in [-0.2, -0.15) is 13.2 Å². The number of benzene rings is 1. The Kier molecular flexibility index (Phi) is 3.80. The summed E-state index contributed by atoms with van der Waals surface area (Å²) in [6.07, 6.45) is -3.69. The Morgan fingerprint density at radius 2 is 1.83 bits per heavy atom. The van der Waals surface area contributed by atoms with Crippen molar-refractivity contribution in [3.05, 3.63) is 29.3 Å². The zero-order chi connectivity index (χ0) is 13.2. The van der Waals surface area contributed by atoms with Crippen molar-refractivity contribution in [3.63, 3.8) is 0 Å². The minimum atomic E-state index is -4.29. The molecule has 0 spiro atoms. The zero-order valence-electron chi connectivity index (χ0n) is 10.3. The van der Waals surface area contributed by atoms with E-state index in [2.05, 4.69) is 0 Å². The molecule has 0 aromatic heterocycles. The molecule has 1 aliphatic rings. The van der Waals surface area contributed by atoms with Crippen molar-refractivity contribution in [2.45, 2.75) is 19.5 Å². The highest BCUT2D eigenvalue weighted by Crippen LogP contribution is 2.33. The number of aryl methyl sites for hydroxylation is 1. The van der Waals surface area contributed by atoms with E-state index in [1.807, 2.05) is 17.9 Å². The van der Waals surface area contributed by atoms with Crippen LogP contribution in [0.1, 0.15) is 18.1 Å². The minimum absolute atomic E-state index is 0.566. The lowest BCUT2D eigenvalue weighted by atomic mass is 10.1. The van der Waals surface area contributed by atoms with Crippen molar-refractivity contribution in [2.24, 2.45) is 0 Å². The van der Waals surface area contributed by atoms with Crippen LogP contribution in [0.4, 0.5) is 18.9 Å². The molecule has 1 aromatic carbocycles. The monoisotopic (exact) mass is 259 g/mol. The van der Waals surface area contributed by atoms with Crippen molar-refractivity contribution < 1.29 is 17.9 Å². The highest BCUT2D eigenvalue weighted by molar-refractivity contribution is 5.52. The SMILES string of the molecule is CCc1cc(N2CCOCC2)cc(C(F)(F)F)c1. The van der Waals surface area contributed by atoms with Gasteiger partial charge in [0, 0.05) is 18.8 Å². The molecule has 18 heavy (non-hydrogen) atoms. The maximum Gasteiger partial charge on any atom is 0.416 e. The molecule has 5 heteroatoms. The van der Waals surface area contributed by atoms with E-state index in [9.17, 15) is 13.2 Å². The van der Waals surface area contributed by atoms with Gasteiger partial charge in [0.1, 0.15) is 0 Å². The molecule has 0 atom stereocenters. The third kappa shape index (κ3) is 2.96. The topological polar surface area (TPSA) is 12.5 Å². The van der Waals surface area contributed by atoms with Crippen LogP contribution >= 0.6 is 0 Å². The van der Waals surface area contributed by atoms with Gasteiger partial charge < -0.3 is 9.64 Å². The summed E-state index contributed by atoms with van der Waals surface area (Å²) in [7, 11) is 0. The average Bonchev–Trinajstić information content (AvgIpc) is 2.38. The van der Waals surface area contributed by atoms with E-state index in [1.165, 1.54) is 12.1 Å². The number of hydrogen-bond donors (Lipinski definition) is 0. The first-order valence-electron chi connectivity index (χ1n) is 6.04. The molecule has 100 valence electrons. The lowest BCUT2D eigenvalue weighted by Gasteiger charge is -2.29. The Hall–Kier alpha value is -1.23. The van der Waals surface area contributed by atoms with Crippen molar-refractivity contribution in [1.29, 1.82) is 0 Å². The van der Waals surface area contributed by atoms with Crippen LogP contribution in [-0.4, -0.2) is 26.3 Å². The van der Waals surface area contributed by atoms with Crippen molar-refractivity contribution in [2.75, 3.05) is 31.2 Å². The molecule has 2 rings (SSSR count). The van der Waals surface area contributed by atoms with Crippen molar-refractivity contribution in [3.8, 4) is 0 Å². The molecule has 0 radical (unpaired) electrons. The van der Waals surface area contributed by atoms with Crippen LogP contribution in [0.5, 0.6) is 0 Å². The van der Waals surface area contributed by atoms with Crippen LogP contribution in [0.25, 0.3) is 0 Å². The van der Waals surface area contributed by atoms with E-state index in [-0.39, 0.29) is 0 Å². The second-order valence-electron chi connectivity index (χ2n) is 4.34. The molecule has 2 nitrogen and oxygen atoms in total. The van der Waals surface area contributed by atoms with E-state index >= 15 is 0 Å². The van der Waals surface area contributed by atoms with Crippen LogP contribution in [-0.2, 0) is 17.3 Å². The first-order chi connectivity index (χ1) is 8.50. The van der Waals surface area contributed by atoms with Gasteiger partial charge in [0.25, 0.3) is 0 Å². The smallest absolute Gasteiger partial charge is 0.378 e. The number of nitrogens with zero attached hydrogens (tertiary/aromatic N) is 1. The molecule has 1 saturated heterocycles. The second-order valence-corrected chi connectivity index (χ2v) is 4.34. The molecule has 0 N–H and O–H groups in total. The maximum absolute atomic E-state index is 12.8. The van der Waals surface area contributed by atoms with Crippen molar-refractivity contribution in [1.82, 2.24) is 0 Å². The fraction of sp³-hybridized carbons (Fsp3) is 0.538. The number of halogens is 3. The van der Waals surface area contributed by atoms with Crippen LogP contribution in [0.3, 0.4) is 0 Å². The lowest BCUT2D eigenvalue weighted by molar-refractivity contribution is -0.137. The molecule has 1 aromatic rings. The third-order valence-corrected chi connectivity index (χ3v) is 3.09. The second kappa shape index (κ2) is 5.18. The van der Waals surface area contributed by atoms with Gasteiger partial charge >= 0.3 is 6.18 Å². The number of ether oxygens (including phenoxy) is 1. The highest BCUT2D eigenvalue weighted by Gasteiger charge is 2.31. The van der Waals surface area contributed by atoms with E-state index in [0.29, 0.717) is 44.0 Å². The number of morpholine rings is 1. The Morgan fingerprint density at radius 1 is 1.17 bits per heavy atom. The predicted octanol–water partition coefficient (Wildman–Crippen LogP) is 3.10. The number of alkyl halides is 3. The summed E-state index contributed by atoms with van der Waals surface area (Å²) in [6, 6.07) is 4.29. The van der Waals surface area contributed by atoms with Gasteiger partial charge in [-0.25, -0.2) is 0 Å². The molecule has 0 unspecified atom stereocenters. The largest absolute Gasteiger partial charge is 0.416 e. The number of anilines is 1. The van der Waals surface area contributed by atoms with Crippen LogP contribution in [0.15, 0.2) is 18.2 Å². The summed E-state index contributed by atoms with van der Waals surface area (Å²) >= 11 is 0. The molecule has 1 heterocycles. The first-order valence-corrected chi connectivity index (χ1v) is 6.04. The number of rotatable bonds is 2. The van der Waals surface area contributed by atoms with Gasteiger partial charge in [-0.05, 0) is 30.2 Å². The van der Waals surface area contributed by atoms with Gasteiger partial charge in [-0.1, -0.05) is 6.92 Å². The van der Waals surface area contributed by atoms with Gasteiger partial charge in [0.05, 0.1) is 18.8 Å². The predicted molar refractivity (Wildman–Crippen MR) is 63.9 cm³/mol. The van der Waals surface area contributed by atoms with Crippen LogP contribution < -0.4 is 4.90 Å². The summed E-state index contributed by atoms with van der Waals surface area (Å²) in [6.45, 7) is 4.28. The van der Waals surface area contributed by atoms with Crippen LogP contribution in [0.2, 0.25) is 0 Å². The molecule has 0 aliphatic carbocycles. The van der Waals surface area contributed by atoms with Gasteiger partial charge in [0.2, 0.25) is 0 Å². The molecule has 1 fully saturated rings. The summed E-state index contributed by atoms with van der Waals surface area (Å²) in [5, 5.41) is 0. The minimum Gasteiger partial charge on any atom is -0.378 e. The standard InChI is InChI=1S/C13H16F3NO/c1-2-10-7-11(13(14,15)16)9-12(8-10)17-3-5-18-6-4-17/h7-9H,2-6H2,1H3. The summed E-state index contributed by atoms with van der Waals surface area (Å²) in [4.78, 5) is 1.94. The molecule has 1 aliphatic heterocycles. The summed E-state index contributed by atoms with van der Waals surface area (Å²) in [5.74, 6) is 0. The van der Waals surface area contributed by atoms with E-state index in [1.54, 1.807) is 0 Å². The first kappa shape index (κ1) is 13.2. The Balaban J connectivity index is 2.34. The Bertz CT molecular complexity index is 411. The normalized spacial score (nSPS) is 17.0. The summed E-state index contributed by atoms with van der Waals surface area (Å²) < 4.78 is 43.6. The van der Waals surface area contributed by atoms with E-state index < -0.39 is 11.7 Å². The van der Waals surface area contributed by atoms with Gasteiger partial charge in [-0.3, -0.25) is 0 Å². The fourth-order valence-electron chi connectivity index (χ4n) is 2.05. The highest BCUT2D eigenvalue weighted by atomic mass is 19.4. The van der Waals surface area contributed by atoms with Gasteiger partial charge in [0.15, 0.2) is 0 Å².